The zero-order chi connectivity index (χ0) is 16.9. The Morgan fingerprint density at radius 3 is 3.04 bits per heavy atom. The van der Waals surface area contributed by atoms with Crippen LogP contribution in [0, 0.1) is 11.7 Å². The maximum absolute atomic E-state index is 13.2. The summed E-state index contributed by atoms with van der Waals surface area (Å²) in [4.78, 5) is 12.5. The highest BCUT2D eigenvalue weighted by Crippen LogP contribution is 2.20. The van der Waals surface area contributed by atoms with Crippen LogP contribution in [0.1, 0.15) is 19.8 Å². The maximum Gasteiger partial charge on any atom is 0.239 e. The number of carbonyl (C=O) groups is 1. The first-order valence-corrected chi connectivity index (χ1v) is 8.59. The van der Waals surface area contributed by atoms with Crippen molar-refractivity contribution in [1.82, 2.24) is 21.5 Å². The molecule has 0 aromatic heterocycles. The summed E-state index contributed by atoms with van der Waals surface area (Å²) in [6.45, 7) is 4.19. The normalized spacial score (nSPS) is 26.2. The second-order valence-corrected chi connectivity index (χ2v) is 6.38. The molecule has 0 aliphatic carbocycles. The summed E-state index contributed by atoms with van der Waals surface area (Å²) in [5.41, 5.74) is 6.32. The van der Waals surface area contributed by atoms with Gasteiger partial charge in [-0.05, 0) is 31.5 Å². The van der Waals surface area contributed by atoms with E-state index >= 15 is 0 Å². The third kappa shape index (κ3) is 5.04. The summed E-state index contributed by atoms with van der Waals surface area (Å²) in [6.07, 6.45) is 1.55. The van der Waals surface area contributed by atoms with Gasteiger partial charge in [0, 0.05) is 24.6 Å². The number of carbonyl (C=O) groups excluding carboxylic acids is 1. The van der Waals surface area contributed by atoms with Gasteiger partial charge in [-0.3, -0.25) is 10.2 Å². The van der Waals surface area contributed by atoms with Crippen molar-refractivity contribution in [3.63, 3.8) is 0 Å². The van der Waals surface area contributed by atoms with Crippen molar-refractivity contribution < 1.29 is 13.9 Å². The van der Waals surface area contributed by atoms with Crippen LogP contribution in [0.25, 0.3) is 0 Å². The van der Waals surface area contributed by atoms with Gasteiger partial charge in [0.25, 0.3) is 0 Å². The third-order valence-electron chi connectivity index (χ3n) is 4.72. The van der Waals surface area contributed by atoms with Crippen LogP contribution in [-0.2, 0) is 4.79 Å². The summed E-state index contributed by atoms with van der Waals surface area (Å²) in [7, 11) is 0. The van der Waals surface area contributed by atoms with Gasteiger partial charge in [0.15, 0.2) is 0 Å². The van der Waals surface area contributed by atoms with Crippen molar-refractivity contribution in [3.05, 3.63) is 30.1 Å². The molecule has 0 spiro atoms. The molecule has 0 bridgehead atoms. The van der Waals surface area contributed by atoms with Crippen LogP contribution < -0.4 is 26.2 Å². The first-order chi connectivity index (χ1) is 11.7. The minimum atomic E-state index is -0.330. The molecule has 2 aliphatic heterocycles. The summed E-state index contributed by atoms with van der Waals surface area (Å²) >= 11 is 0. The minimum absolute atomic E-state index is 0. The van der Waals surface area contributed by atoms with Gasteiger partial charge in [-0.1, -0.05) is 13.0 Å². The number of nitrogens with one attached hydrogen (secondary N) is 4. The van der Waals surface area contributed by atoms with Crippen molar-refractivity contribution in [3.8, 4) is 5.75 Å². The standard InChI is InChI=1S/C17H25FN4O2.ClH/c1-2-12(24-13-5-3-4-11(18)8-13)9-20-17(23)16-14-10-19-7-6-15(14)21-22-16;/h3-5,8,12,14-16,19,21-22H,2,6-7,9-10H2,1H3,(H,20,23);1H. The molecule has 8 heteroatoms. The summed E-state index contributed by atoms with van der Waals surface area (Å²) in [5.74, 6) is 0.375. The summed E-state index contributed by atoms with van der Waals surface area (Å²) < 4.78 is 19.0. The van der Waals surface area contributed by atoms with Crippen molar-refractivity contribution in [1.29, 1.82) is 0 Å². The van der Waals surface area contributed by atoms with E-state index in [0.717, 1.165) is 25.9 Å². The fourth-order valence-electron chi connectivity index (χ4n) is 3.30. The second kappa shape index (κ2) is 9.33. The van der Waals surface area contributed by atoms with Crippen molar-refractivity contribution >= 4 is 18.3 Å². The molecule has 4 unspecified atom stereocenters. The van der Waals surface area contributed by atoms with Crippen LogP contribution in [0.3, 0.4) is 0 Å². The molecule has 140 valence electrons. The molecule has 1 amide bonds. The molecular weight excluding hydrogens is 347 g/mol. The number of piperidine rings is 1. The number of hydrazine groups is 1. The maximum atomic E-state index is 13.2. The fraction of sp³-hybridized carbons (Fsp3) is 0.588. The van der Waals surface area contributed by atoms with E-state index in [9.17, 15) is 9.18 Å². The SMILES string of the molecule is CCC(CNC(=O)C1NNC2CCNCC21)Oc1cccc(F)c1.Cl. The Morgan fingerprint density at radius 2 is 2.28 bits per heavy atom. The molecule has 2 heterocycles. The minimum Gasteiger partial charge on any atom is -0.489 e. The monoisotopic (exact) mass is 372 g/mol. The number of halogens is 2. The van der Waals surface area contributed by atoms with Crippen LogP contribution in [0.5, 0.6) is 5.75 Å². The Kier molecular flexibility index (Phi) is 7.43. The van der Waals surface area contributed by atoms with Gasteiger partial charge in [0.2, 0.25) is 5.91 Å². The van der Waals surface area contributed by atoms with Gasteiger partial charge in [0.05, 0.1) is 6.54 Å². The molecule has 1 aromatic rings. The highest BCUT2D eigenvalue weighted by molar-refractivity contribution is 5.85. The van der Waals surface area contributed by atoms with Gasteiger partial charge >= 0.3 is 0 Å². The van der Waals surface area contributed by atoms with Gasteiger partial charge in [-0.15, -0.1) is 12.4 Å². The van der Waals surface area contributed by atoms with Gasteiger partial charge in [0.1, 0.15) is 23.7 Å². The number of fused-ring (bicyclic) bond motifs is 1. The van der Waals surface area contributed by atoms with Crippen LogP contribution >= 0.6 is 12.4 Å². The first-order valence-electron chi connectivity index (χ1n) is 8.59. The lowest BCUT2D eigenvalue weighted by atomic mass is 9.89. The number of hydrogen-bond donors (Lipinski definition) is 4. The lowest BCUT2D eigenvalue weighted by Gasteiger charge is -2.27. The molecule has 3 rings (SSSR count). The largest absolute Gasteiger partial charge is 0.489 e. The Labute approximate surface area is 153 Å². The molecule has 2 fully saturated rings. The molecule has 25 heavy (non-hydrogen) atoms. The number of hydrogen-bond acceptors (Lipinski definition) is 5. The van der Waals surface area contributed by atoms with E-state index in [1.165, 1.54) is 12.1 Å². The predicted molar refractivity (Wildman–Crippen MR) is 96.2 cm³/mol. The molecular formula is C17H26ClFN4O2. The average Bonchev–Trinajstić information content (AvgIpc) is 3.02. The number of benzene rings is 1. The second-order valence-electron chi connectivity index (χ2n) is 6.38. The summed E-state index contributed by atoms with van der Waals surface area (Å²) in [6, 6.07) is 6.16. The summed E-state index contributed by atoms with van der Waals surface area (Å²) in [5, 5.41) is 6.29. The van der Waals surface area contributed by atoms with Crippen molar-refractivity contribution in [2.24, 2.45) is 5.92 Å². The number of ether oxygens (including phenoxy) is 1. The molecule has 0 saturated carbocycles. The van der Waals surface area contributed by atoms with Crippen LogP contribution in [0.2, 0.25) is 0 Å². The van der Waals surface area contributed by atoms with Crippen molar-refractivity contribution in [2.45, 2.75) is 38.0 Å². The average molecular weight is 373 g/mol. The third-order valence-corrected chi connectivity index (χ3v) is 4.72. The topological polar surface area (TPSA) is 74.4 Å². The molecule has 4 atom stereocenters. The molecule has 4 N–H and O–H groups in total. The van der Waals surface area contributed by atoms with Gasteiger partial charge in [-0.2, -0.15) is 0 Å². The zero-order valence-electron chi connectivity index (χ0n) is 14.3. The van der Waals surface area contributed by atoms with Crippen LogP contribution in [0.15, 0.2) is 24.3 Å². The lowest BCUT2D eigenvalue weighted by molar-refractivity contribution is -0.124. The van der Waals surface area contributed by atoms with E-state index in [1.807, 2.05) is 6.92 Å². The molecule has 0 radical (unpaired) electrons. The zero-order valence-corrected chi connectivity index (χ0v) is 15.1. The highest BCUT2D eigenvalue weighted by atomic mass is 35.5. The van der Waals surface area contributed by atoms with E-state index in [0.29, 0.717) is 18.3 Å². The van der Waals surface area contributed by atoms with Crippen molar-refractivity contribution in [2.75, 3.05) is 19.6 Å². The Balaban J connectivity index is 0.00000225. The van der Waals surface area contributed by atoms with Gasteiger partial charge in [-0.25, -0.2) is 9.82 Å². The Hall–Kier alpha value is -1.41. The smallest absolute Gasteiger partial charge is 0.239 e. The molecule has 1 aromatic carbocycles. The van der Waals surface area contributed by atoms with E-state index < -0.39 is 0 Å². The highest BCUT2D eigenvalue weighted by Gasteiger charge is 2.41. The van der Waals surface area contributed by atoms with Crippen LogP contribution in [0.4, 0.5) is 4.39 Å². The number of rotatable bonds is 6. The molecule has 2 aliphatic rings. The quantitative estimate of drug-likeness (QED) is 0.599. The Morgan fingerprint density at radius 1 is 1.44 bits per heavy atom. The predicted octanol–water partition coefficient (Wildman–Crippen LogP) is 0.976. The van der Waals surface area contributed by atoms with E-state index in [-0.39, 0.29) is 42.2 Å². The van der Waals surface area contributed by atoms with Crippen LogP contribution in [-0.4, -0.2) is 43.7 Å². The lowest BCUT2D eigenvalue weighted by Crippen LogP contribution is -2.50. The number of amides is 1. The van der Waals surface area contributed by atoms with E-state index in [1.54, 1.807) is 12.1 Å². The van der Waals surface area contributed by atoms with E-state index in [2.05, 4.69) is 21.5 Å². The fourth-order valence-corrected chi connectivity index (χ4v) is 3.30. The van der Waals surface area contributed by atoms with E-state index in [4.69, 9.17) is 4.74 Å². The Bertz CT molecular complexity index is 577. The molecule has 2 saturated heterocycles. The molecule has 6 nitrogen and oxygen atoms in total. The first kappa shape index (κ1) is 19.9. The van der Waals surface area contributed by atoms with Gasteiger partial charge < -0.3 is 15.4 Å².